The molecule has 0 radical (unpaired) electrons. The summed E-state index contributed by atoms with van der Waals surface area (Å²) in [5, 5.41) is 0. The van der Waals surface area contributed by atoms with Crippen molar-refractivity contribution in [3.05, 3.63) is 205 Å². The molecule has 49 heavy (non-hydrogen) atoms. The van der Waals surface area contributed by atoms with E-state index in [4.69, 9.17) is 4.99 Å². The molecule has 0 aliphatic heterocycles. The molecule has 0 aliphatic carbocycles. The highest BCUT2D eigenvalue weighted by Gasteiger charge is 2.13. The molecule has 242 valence electrons. The average Bonchev–Trinajstić information content (AvgIpc) is 3.19. The Hall–Kier alpha value is -5.79. The van der Waals surface area contributed by atoms with Gasteiger partial charge in [0.25, 0.3) is 0 Å². The summed E-state index contributed by atoms with van der Waals surface area (Å²) in [4.78, 5) is 5.00. The molecule has 6 aromatic carbocycles. The molecular formula is C48H45N. The molecule has 0 heterocycles. The molecule has 0 spiro atoms. The van der Waals surface area contributed by atoms with Crippen LogP contribution in [0.3, 0.4) is 0 Å². The van der Waals surface area contributed by atoms with Crippen LogP contribution in [0.4, 0.5) is 0 Å². The fourth-order valence-electron chi connectivity index (χ4n) is 5.85. The van der Waals surface area contributed by atoms with E-state index in [0.29, 0.717) is 0 Å². The van der Waals surface area contributed by atoms with Crippen LogP contribution in [0.25, 0.3) is 44.7 Å². The van der Waals surface area contributed by atoms with Crippen LogP contribution in [-0.2, 0) is 0 Å². The molecule has 6 rings (SSSR count). The highest BCUT2D eigenvalue weighted by molar-refractivity contribution is 5.86. The van der Waals surface area contributed by atoms with E-state index >= 15 is 0 Å². The summed E-state index contributed by atoms with van der Waals surface area (Å²) in [5.41, 5.74) is 13.8. The molecule has 1 atom stereocenters. The van der Waals surface area contributed by atoms with E-state index < -0.39 is 0 Å². The topological polar surface area (TPSA) is 12.4 Å². The second-order valence-electron chi connectivity index (χ2n) is 11.7. The zero-order chi connectivity index (χ0) is 34.4. The zero-order valence-electron chi connectivity index (χ0n) is 29.1. The van der Waals surface area contributed by atoms with Crippen LogP contribution in [0.2, 0.25) is 0 Å². The predicted molar refractivity (Wildman–Crippen MR) is 215 cm³/mol. The quantitative estimate of drug-likeness (QED) is 0.105. The summed E-state index contributed by atoms with van der Waals surface area (Å²) in [7, 11) is 0. The number of allylic oxidation sites excluding steroid dienone is 4. The minimum Gasteiger partial charge on any atom is -0.256 e. The number of benzene rings is 6. The van der Waals surface area contributed by atoms with Crippen LogP contribution < -0.4 is 0 Å². The van der Waals surface area contributed by atoms with Gasteiger partial charge in [-0.25, -0.2) is 0 Å². The van der Waals surface area contributed by atoms with Crippen molar-refractivity contribution in [1.29, 1.82) is 0 Å². The summed E-state index contributed by atoms with van der Waals surface area (Å²) in [5.74, 6) is 0.0999. The molecule has 0 aliphatic rings. The molecule has 0 amide bonds. The second kappa shape index (κ2) is 17.4. The van der Waals surface area contributed by atoms with Gasteiger partial charge in [0.05, 0.1) is 5.70 Å². The van der Waals surface area contributed by atoms with E-state index in [9.17, 15) is 0 Å². The third-order valence-electron chi connectivity index (χ3n) is 8.50. The first-order valence-corrected chi connectivity index (χ1v) is 17.2. The van der Waals surface area contributed by atoms with Gasteiger partial charge < -0.3 is 0 Å². The first-order valence-electron chi connectivity index (χ1n) is 17.2. The van der Waals surface area contributed by atoms with Crippen molar-refractivity contribution >= 4 is 17.5 Å². The fourth-order valence-corrected chi connectivity index (χ4v) is 5.85. The van der Waals surface area contributed by atoms with Gasteiger partial charge in [-0.1, -0.05) is 191 Å². The molecular weight excluding hydrogens is 591 g/mol. The van der Waals surface area contributed by atoms with Crippen molar-refractivity contribution < 1.29 is 0 Å². The van der Waals surface area contributed by atoms with Gasteiger partial charge in [-0.15, -0.1) is 0 Å². The third-order valence-corrected chi connectivity index (χ3v) is 8.50. The number of hydrogen-bond acceptors (Lipinski definition) is 1. The van der Waals surface area contributed by atoms with Crippen LogP contribution in [0.15, 0.2) is 188 Å². The lowest BCUT2D eigenvalue weighted by molar-refractivity contribution is 0.968. The van der Waals surface area contributed by atoms with Crippen LogP contribution in [0.1, 0.15) is 55.9 Å². The first-order chi connectivity index (χ1) is 24.1. The van der Waals surface area contributed by atoms with Gasteiger partial charge in [0.15, 0.2) is 0 Å². The second-order valence-corrected chi connectivity index (χ2v) is 11.7. The van der Waals surface area contributed by atoms with Gasteiger partial charge in [0, 0.05) is 12.1 Å². The van der Waals surface area contributed by atoms with Gasteiger partial charge in [-0.05, 0) is 80.3 Å². The Balaban J connectivity index is 0.00000230. The molecule has 0 fully saturated rings. The minimum atomic E-state index is 0.0999. The lowest BCUT2D eigenvalue weighted by Gasteiger charge is -2.16. The molecule has 0 saturated heterocycles. The Morgan fingerprint density at radius 3 is 1.67 bits per heavy atom. The zero-order valence-corrected chi connectivity index (χ0v) is 29.1. The Bertz CT molecular complexity index is 2030. The molecule has 0 saturated carbocycles. The summed E-state index contributed by atoms with van der Waals surface area (Å²) < 4.78 is 0. The molecule has 0 N–H and O–H groups in total. The highest BCUT2D eigenvalue weighted by atomic mass is 14.7. The van der Waals surface area contributed by atoms with E-state index in [1.807, 2.05) is 50.4 Å². The summed E-state index contributed by atoms with van der Waals surface area (Å²) in [6, 6.07) is 55.8. The standard InChI is InChI=1S/C46H39N.C2H6/c1-4-36(5-2)41-22-15-23-42(29-41)45-31-43(30-44(32-45)39-26-24-38(25-27-39)37-18-11-7-12-19-37)34(3)28-46(40-20-13-8-14-21-40)47-33-35-16-9-6-10-17-35;1-2/h4-34H,1H2,2-3H3;1-2H3/b36-5+,46-28-,47-33?;. The van der Waals surface area contributed by atoms with Gasteiger partial charge in [0.2, 0.25) is 0 Å². The average molecular weight is 636 g/mol. The lowest BCUT2D eigenvalue weighted by atomic mass is 9.89. The molecule has 6 aromatic rings. The largest absolute Gasteiger partial charge is 0.256 e. The van der Waals surface area contributed by atoms with Crippen molar-refractivity contribution in [2.24, 2.45) is 4.99 Å². The van der Waals surface area contributed by atoms with Gasteiger partial charge in [-0.3, -0.25) is 4.99 Å². The Kier molecular flexibility index (Phi) is 12.3. The van der Waals surface area contributed by atoms with E-state index in [1.54, 1.807) is 0 Å². The van der Waals surface area contributed by atoms with E-state index in [0.717, 1.165) is 28.0 Å². The van der Waals surface area contributed by atoms with Crippen molar-refractivity contribution in [2.45, 2.75) is 33.6 Å². The Morgan fingerprint density at radius 1 is 0.551 bits per heavy atom. The first kappa shape index (κ1) is 34.5. The summed E-state index contributed by atoms with van der Waals surface area (Å²) in [6.45, 7) is 12.3. The van der Waals surface area contributed by atoms with Crippen molar-refractivity contribution in [3.8, 4) is 33.4 Å². The fraction of sp³-hybridized carbons (Fsp3) is 0.104. The number of aliphatic imine (C=N–C) groups is 1. The van der Waals surface area contributed by atoms with Gasteiger partial charge >= 0.3 is 0 Å². The van der Waals surface area contributed by atoms with E-state index in [1.165, 1.54) is 38.9 Å². The van der Waals surface area contributed by atoms with Crippen molar-refractivity contribution in [3.63, 3.8) is 0 Å². The number of rotatable bonds is 10. The van der Waals surface area contributed by atoms with Crippen LogP contribution in [0, 0.1) is 0 Å². The molecule has 1 nitrogen and oxygen atoms in total. The minimum absolute atomic E-state index is 0.0999. The van der Waals surface area contributed by atoms with Gasteiger partial charge in [-0.2, -0.15) is 0 Å². The van der Waals surface area contributed by atoms with E-state index in [2.05, 4.69) is 166 Å². The lowest BCUT2D eigenvalue weighted by Crippen LogP contribution is -1.95. The maximum Gasteiger partial charge on any atom is 0.0668 e. The Labute approximate surface area is 293 Å². The normalized spacial score (nSPS) is 12.2. The monoisotopic (exact) mass is 635 g/mol. The number of hydrogen-bond donors (Lipinski definition) is 0. The molecule has 0 aromatic heterocycles. The van der Waals surface area contributed by atoms with Crippen molar-refractivity contribution in [2.75, 3.05) is 0 Å². The summed E-state index contributed by atoms with van der Waals surface area (Å²) >= 11 is 0. The van der Waals surface area contributed by atoms with Crippen LogP contribution in [-0.4, -0.2) is 6.21 Å². The van der Waals surface area contributed by atoms with Crippen molar-refractivity contribution in [1.82, 2.24) is 0 Å². The Morgan fingerprint density at radius 2 is 1.06 bits per heavy atom. The molecule has 1 heteroatoms. The maximum absolute atomic E-state index is 5.00. The van der Waals surface area contributed by atoms with E-state index in [-0.39, 0.29) is 5.92 Å². The SMILES string of the molecule is C=C/C(=C\C)c1cccc(-c2cc(-c3ccc(-c4ccccc4)cc3)cc(C(C)/C=C(\N=Cc3ccccc3)c3ccccc3)c2)c1.CC. The number of nitrogens with zero attached hydrogens (tertiary/aromatic N) is 1. The molecule has 0 bridgehead atoms. The summed E-state index contributed by atoms with van der Waals surface area (Å²) in [6.07, 6.45) is 8.26. The van der Waals surface area contributed by atoms with Crippen LogP contribution in [0.5, 0.6) is 0 Å². The third kappa shape index (κ3) is 8.97. The molecule has 1 unspecified atom stereocenters. The van der Waals surface area contributed by atoms with Gasteiger partial charge in [0.1, 0.15) is 0 Å². The maximum atomic E-state index is 5.00. The highest BCUT2D eigenvalue weighted by Crippen LogP contribution is 2.35. The smallest absolute Gasteiger partial charge is 0.0668 e. The predicted octanol–water partition coefficient (Wildman–Crippen LogP) is 13.6. The van der Waals surface area contributed by atoms with Crippen LogP contribution >= 0.6 is 0 Å².